The molecular formula is C18H23N3O3. The number of rotatable bonds is 5. The highest BCUT2D eigenvalue weighted by Crippen LogP contribution is 2.40. The lowest BCUT2D eigenvalue weighted by atomic mass is 9.83. The summed E-state index contributed by atoms with van der Waals surface area (Å²) in [6.45, 7) is 4.03. The van der Waals surface area contributed by atoms with Crippen LogP contribution in [0.5, 0.6) is 0 Å². The molecule has 4 heterocycles. The summed E-state index contributed by atoms with van der Waals surface area (Å²) in [6, 6.07) is 2.05. The molecule has 0 amide bonds. The van der Waals surface area contributed by atoms with Crippen molar-refractivity contribution in [1.82, 2.24) is 15.1 Å². The Balaban J connectivity index is 1.19. The van der Waals surface area contributed by atoms with Crippen molar-refractivity contribution in [3.05, 3.63) is 35.9 Å². The Kier molecular flexibility index (Phi) is 3.67. The normalized spacial score (nSPS) is 30.6. The number of piperidine rings is 1. The van der Waals surface area contributed by atoms with E-state index in [1.807, 2.05) is 12.3 Å². The second kappa shape index (κ2) is 6.01. The molecule has 128 valence electrons. The quantitative estimate of drug-likeness (QED) is 0.840. The molecule has 2 aromatic rings. The van der Waals surface area contributed by atoms with Gasteiger partial charge in [0.2, 0.25) is 11.8 Å². The van der Waals surface area contributed by atoms with Gasteiger partial charge in [0.15, 0.2) is 0 Å². The van der Waals surface area contributed by atoms with Gasteiger partial charge in [-0.25, -0.2) is 0 Å². The van der Waals surface area contributed by atoms with Crippen LogP contribution in [0.25, 0.3) is 0 Å². The second-order valence-electron chi connectivity index (χ2n) is 7.46. The molecule has 0 N–H and O–H groups in total. The number of fused-ring (bicyclic) bond motifs is 1. The van der Waals surface area contributed by atoms with Gasteiger partial charge in [-0.3, -0.25) is 4.90 Å². The van der Waals surface area contributed by atoms with E-state index < -0.39 is 0 Å². The van der Waals surface area contributed by atoms with Crippen molar-refractivity contribution in [2.75, 3.05) is 19.7 Å². The first kappa shape index (κ1) is 14.7. The summed E-state index contributed by atoms with van der Waals surface area (Å²) >= 11 is 0. The van der Waals surface area contributed by atoms with E-state index in [-0.39, 0.29) is 6.10 Å². The summed E-state index contributed by atoms with van der Waals surface area (Å²) in [4.78, 5) is 2.51. The largest absolute Gasteiger partial charge is 0.472 e. The number of hydrogen-bond acceptors (Lipinski definition) is 6. The average molecular weight is 329 g/mol. The van der Waals surface area contributed by atoms with Gasteiger partial charge in [0.1, 0.15) is 0 Å². The molecular weight excluding hydrogens is 306 g/mol. The topological polar surface area (TPSA) is 64.5 Å². The van der Waals surface area contributed by atoms with Crippen molar-refractivity contribution in [2.24, 2.45) is 11.8 Å². The number of hydrogen-bond donors (Lipinski definition) is 0. The van der Waals surface area contributed by atoms with Gasteiger partial charge in [0.05, 0.1) is 31.7 Å². The third-order valence-electron chi connectivity index (χ3n) is 5.65. The molecule has 5 rings (SSSR count). The molecule has 6 heteroatoms. The lowest BCUT2D eigenvalue weighted by Gasteiger charge is -2.35. The Morgan fingerprint density at radius 3 is 3.00 bits per heavy atom. The van der Waals surface area contributed by atoms with Crippen LogP contribution < -0.4 is 0 Å². The van der Waals surface area contributed by atoms with E-state index in [9.17, 15) is 0 Å². The summed E-state index contributed by atoms with van der Waals surface area (Å²) < 4.78 is 17.1. The summed E-state index contributed by atoms with van der Waals surface area (Å²) in [5, 5.41) is 8.41. The van der Waals surface area contributed by atoms with Crippen LogP contribution in [-0.4, -0.2) is 40.9 Å². The molecule has 0 aromatic carbocycles. The second-order valence-corrected chi connectivity index (χ2v) is 7.46. The molecule has 1 saturated carbocycles. The summed E-state index contributed by atoms with van der Waals surface area (Å²) in [5.41, 5.74) is 1.25. The minimum absolute atomic E-state index is 0.235. The van der Waals surface area contributed by atoms with Crippen molar-refractivity contribution < 1.29 is 13.6 Å². The fraction of sp³-hybridized carbons (Fsp3) is 0.667. The molecule has 3 atom stereocenters. The zero-order valence-corrected chi connectivity index (χ0v) is 13.8. The van der Waals surface area contributed by atoms with E-state index in [1.165, 1.54) is 24.8 Å². The van der Waals surface area contributed by atoms with E-state index in [0.29, 0.717) is 17.8 Å². The minimum atomic E-state index is 0.235. The van der Waals surface area contributed by atoms with Crippen LogP contribution in [-0.2, 0) is 17.7 Å². The Morgan fingerprint density at radius 1 is 1.21 bits per heavy atom. The van der Waals surface area contributed by atoms with Crippen molar-refractivity contribution in [2.45, 2.75) is 44.2 Å². The Hall–Kier alpha value is -1.66. The molecule has 0 unspecified atom stereocenters. The minimum Gasteiger partial charge on any atom is -0.472 e. The first-order valence-corrected chi connectivity index (χ1v) is 9.02. The first-order chi connectivity index (χ1) is 11.8. The molecule has 1 aliphatic carbocycles. The highest BCUT2D eigenvalue weighted by atomic mass is 16.5. The number of furan rings is 1. The molecule has 0 spiro atoms. The Labute approximate surface area is 141 Å². The predicted octanol–water partition coefficient (Wildman–Crippen LogP) is 2.62. The van der Waals surface area contributed by atoms with Crippen molar-refractivity contribution in [3.63, 3.8) is 0 Å². The predicted molar refractivity (Wildman–Crippen MR) is 85.3 cm³/mol. The van der Waals surface area contributed by atoms with Gasteiger partial charge in [-0.2, -0.15) is 0 Å². The molecule has 0 radical (unpaired) electrons. The number of nitrogens with zero attached hydrogens (tertiary/aromatic N) is 3. The monoisotopic (exact) mass is 329 g/mol. The van der Waals surface area contributed by atoms with Gasteiger partial charge < -0.3 is 13.6 Å². The van der Waals surface area contributed by atoms with Crippen LogP contribution in [0.15, 0.2) is 27.4 Å². The fourth-order valence-electron chi connectivity index (χ4n) is 4.17. The van der Waals surface area contributed by atoms with Crippen LogP contribution in [0, 0.1) is 11.8 Å². The molecule has 3 fully saturated rings. The zero-order chi connectivity index (χ0) is 15.9. The van der Waals surface area contributed by atoms with Crippen molar-refractivity contribution >= 4 is 0 Å². The maximum Gasteiger partial charge on any atom is 0.219 e. The third kappa shape index (κ3) is 2.89. The van der Waals surface area contributed by atoms with Gasteiger partial charge in [-0.1, -0.05) is 0 Å². The van der Waals surface area contributed by atoms with Gasteiger partial charge in [-0.05, 0) is 37.8 Å². The smallest absolute Gasteiger partial charge is 0.219 e. The summed E-state index contributed by atoms with van der Waals surface area (Å²) in [7, 11) is 0. The molecule has 0 bridgehead atoms. The van der Waals surface area contributed by atoms with E-state index in [2.05, 4.69) is 15.1 Å². The van der Waals surface area contributed by atoms with E-state index in [4.69, 9.17) is 13.6 Å². The fourth-order valence-corrected chi connectivity index (χ4v) is 4.17. The Morgan fingerprint density at radius 2 is 2.17 bits per heavy atom. The highest BCUT2D eigenvalue weighted by molar-refractivity contribution is 5.06. The van der Waals surface area contributed by atoms with Crippen molar-refractivity contribution in [3.8, 4) is 0 Å². The van der Waals surface area contributed by atoms with Gasteiger partial charge in [0, 0.05) is 30.5 Å². The molecule has 2 aromatic heterocycles. The number of aromatic nitrogens is 2. The number of likely N-dealkylation sites (tertiary alicyclic amines) is 1. The highest BCUT2D eigenvalue weighted by Gasteiger charge is 2.41. The van der Waals surface area contributed by atoms with Crippen LogP contribution in [0.3, 0.4) is 0 Å². The molecule has 2 saturated heterocycles. The van der Waals surface area contributed by atoms with Crippen molar-refractivity contribution in [1.29, 1.82) is 0 Å². The molecule has 24 heavy (non-hydrogen) atoms. The SMILES string of the molecule is c1cc(CN2CC[C@@H]3[C@@H](CO[C@H]3Cc3nnc(C4CC4)o3)C2)co1. The van der Waals surface area contributed by atoms with E-state index >= 15 is 0 Å². The number of ether oxygens (including phenoxy) is 1. The van der Waals surface area contributed by atoms with E-state index in [1.54, 1.807) is 6.26 Å². The summed E-state index contributed by atoms with van der Waals surface area (Å²) in [6.07, 6.45) is 8.15. The average Bonchev–Trinajstić information content (AvgIpc) is 2.99. The third-order valence-corrected chi connectivity index (χ3v) is 5.65. The molecule has 2 aliphatic heterocycles. The van der Waals surface area contributed by atoms with Crippen LogP contribution in [0.4, 0.5) is 0 Å². The van der Waals surface area contributed by atoms with Gasteiger partial charge in [-0.15, -0.1) is 10.2 Å². The summed E-state index contributed by atoms with van der Waals surface area (Å²) in [5.74, 6) is 3.33. The maximum absolute atomic E-state index is 6.10. The first-order valence-electron chi connectivity index (χ1n) is 9.02. The van der Waals surface area contributed by atoms with Crippen LogP contribution in [0.1, 0.15) is 42.5 Å². The van der Waals surface area contributed by atoms with Crippen LogP contribution in [0.2, 0.25) is 0 Å². The van der Waals surface area contributed by atoms with Gasteiger partial charge in [0.25, 0.3) is 0 Å². The van der Waals surface area contributed by atoms with Gasteiger partial charge >= 0.3 is 0 Å². The lowest BCUT2D eigenvalue weighted by molar-refractivity contribution is 0.0793. The zero-order valence-electron chi connectivity index (χ0n) is 13.8. The lowest BCUT2D eigenvalue weighted by Crippen LogP contribution is -2.41. The Bertz CT molecular complexity index is 680. The van der Waals surface area contributed by atoms with Crippen LogP contribution >= 0.6 is 0 Å². The molecule has 6 nitrogen and oxygen atoms in total. The molecule has 3 aliphatic rings. The standard InChI is InChI=1S/C18H23N3O3/c1-2-13(1)18-20-19-17(24-18)7-16-15-3-5-21(9-14(15)11-23-16)8-12-4-6-22-10-12/h4,6,10,13-16H,1-3,5,7-9,11H2/t14-,15-,16+/m1/s1. The maximum atomic E-state index is 6.10. The van der Waals surface area contributed by atoms with E-state index in [0.717, 1.165) is 44.4 Å².